The summed E-state index contributed by atoms with van der Waals surface area (Å²) in [5.74, 6) is 5.77. The minimum atomic E-state index is 0.438. The first kappa shape index (κ1) is 12.9. The number of nitrogens with one attached hydrogen (secondary N) is 1. The molecular formula is C13H16N4S. The van der Waals surface area contributed by atoms with E-state index < -0.39 is 0 Å². The van der Waals surface area contributed by atoms with Gasteiger partial charge in [0.2, 0.25) is 5.95 Å². The van der Waals surface area contributed by atoms with Gasteiger partial charge in [0.05, 0.1) is 0 Å². The van der Waals surface area contributed by atoms with E-state index in [1.54, 1.807) is 18.0 Å². The summed E-state index contributed by atoms with van der Waals surface area (Å²) in [6.45, 7) is 6.19. The topological polar surface area (TPSA) is 63.8 Å². The van der Waals surface area contributed by atoms with Crippen molar-refractivity contribution in [2.75, 3.05) is 5.43 Å². The van der Waals surface area contributed by atoms with E-state index in [-0.39, 0.29) is 0 Å². The summed E-state index contributed by atoms with van der Waals surface area (Å²) < 4.78 is 0. The third-order valence-electron chi connectivity index (χ3n) is 2.59. The van der Waals surface area contributed by atoms with Crippen LogP contribution in [0, 0.1) is 20.8 Å². The number of aromatic nitrogens is 2. The average Bonchev–Trinajstić information content (AvgIpc) is 2.35. The van der Waals surface area contributed by atoms with Gasteiger partial charge in [-0.05, 0) is 32.4 Å². The quantitative estimate of drug-likeness (QED) is 0.505. The number of nitrogens with zero attached hydrogens (tertiary/aromatic N) is 2. The molecule has 0 amide bonds. The molecular weight excluding hydrogens is 244 g/mol. The SMILES string of the molecule is Cc1ccc(Sc2nc(NN)ncc2C)c(C)c1. The number of rotatable bonds is 3. The van der Waals surface area contributed by atoms with Crippen LogP contribution in [0.5, 0.6) is 0 Å². The van der Waals surface area contributed by atoms with Crippen LogP contribution < -0.4 is 11.3 Å². The first-order valence-corrected chi connectivity index (χ1v) is 6.47. The summed E-state index contributed by atoms with van der Waals surface area (Å²) in [7, 11) is 0. The van der Waals surface area contributed by atoms with Crippen LogP contribution in [0.2, 0.25) is 0 Å². The number of hydrogen-bond acceptors (Lipinski definition) is 5. The minimum absolute atomic E-state index is 0.438. The summed E-state index contributed by atoms with van der Waals surface area (Å²) in [4.78, 5) is 9.64. The maximum atomic E-state index is 5.33. The molecule has 0 saturated heterocycles. The molecule has 0 aliphatic rings. The number of benzene rings is 1. The lowest BCUT2D eigenvalue weighted by atomic mass is 10.2. The van der Waals surface area contributed by atoms with E-state index in [1.165, 1.54) is 16.0 Å². The maximum Gasteiger partial charge on any atom is 0.238 e. The highest BCUT2D eigenvalue weighted by molar-refractivity contribution is 7.99. The molecule has 0 saturated carbocycles. The van der Waals surface area contributed by atoms with E-state index >= 15 is 0 Å². The normalized spacial score (nSPS) is 10.4. The fraction of sp³-hybridized carbons (Fsp3) is 0.231. The van der Waals surface area contributed by atoms with Crippen LogP contribution in [0.15, 0.2) is 34.3 Å². The predicted octanol–water partition coefficient (Wildman–Crippen LogP) is 2.84. The third kappa shape index (κ3) is 2.80. The molecule has 3 N–H and O–H groups in total. The van der Waals surface area contributed by atoms with Crippen LogP contribution >= 0.6 is 11.8 Å². The second-order valence-electron chi connectivity index (χ2n) is 4.20. The Balaban J connectivity index is 2.33. The van der Waals surface area contributed by atoms with E-state index in [9.17, 15) is 0 Å². The van der Waals surface area contributed by atoms with Gasteiger partial charge in [-0.25, -0.2) is 15.8 Å². The molecule has 2 aromatic rings. The van der Waals surface area contributed by atoms with Gasteiger partial charge in [0, 0.05) is 16.7 Å². The molecule has 2 rings (SSSR count). The molecule has 0 unspecified atom stereocenters. The molecule has 0 fully saturated rings. The van der Waals surface area contributed by atoms with Crippen LogP contribution in [-0.4, -0.2) is 9.97 Å². The Bertz CT molecular complexity index is 569. The lowest BCUT2D eigenvalue weighted by Crippen LogP contribution is -2.10. The van der Waals surface area contributed by atoms with E-state index in [0.717, 1.165) is 10.6 Å². The van der Waals surface area contributed by atoms with Gasteiger partial charge in [-0.1, -0.05) is 29.5 Å². The highest BCUT2D eigenvalue weighted by Gasteiger charge is 2.07. The summed E-state index contributed by atoms with van der Waals surface area (Å²) in [6, 6.07) is 6.39. The largest absolute Gasteiger partial charge is 0.292 e. The third-order valence-corrected chi connectivity index (χ3v) is 3.88. The lowest BCUT2D eigenvalue weighted by molar-refractivity contribution is 0.991. The van der Waals surface area contributed by atoms with Crippen molar-refractivity contribution in [3.63, 3.8) is 0 Å². The zero-order valence-electron chi connectivity index (χ0n) is 10.7. The molecule has 0 aliphatic heterocycles. The molecule has 1 heterocycles. The van der Waals surface area contributed by atoms with Crippen LogP contribution in [0.4, 0.5) is 5.95 Å². The van der Waals surface area contributed by atoms with E-state index in [1.807, 2.05) is 6.92 Å². The number of hydrogen-bond donors (Lipinski definition) is 2. The maximum absolute atomic E-state index is 5.33. The fourth-order valence-corrected chi connectivity index (χ4v) is 2.53. The number of nitrogen functional groups attached to an aromatic ring is 1. The van der Waals surface area contributed by atoms with Gasteiger partial charge >= 0.3 is 0 Å². The van der Waals surface area contributed by atoms with Gasteiger partial charge in [-0.3, -0.25) is 5.43 Å². The second kappa shape index (κ2) is 5.37. The molecule has 94 valence electrons. The first-order chi connectivity index (χ1) is 8.60. The van der Waals surface area contributed by atoms with Crippen molar-refractivity contribution >= 4 is 17.7 Å². The smallest absolute Gasteiger partial charge is 0.238 e. The molecule has 0 aliphatic carbocycles. The lowest BCUT2D eigenvalue weighted by Gasteiger charge is -2.09. The Morgan fingerprint density at radius 2 is 1.94 bits per heavy atom. The first-order valence-electron chi connectivity index (χ1n) is 5.65. The van der Waals surface area contributed by atoms with Crippen molar-refractivity contribution in [1.82, 2.24) is 9.97 Å². The van der Waals surface area contributed by atoms with Crippen LogP contribution in [0.3, 0.4) is 0 Å². The molecule has 0 bridgehead atoms. The van der Waals surface area contributed by atoms with Crippen LogP contribution in [-0.2, 0) is 0 Å². The number of anilines is 1. The Morgan fingerprint density at radius 1 is 1.17 bits per heavy atom. The number of aryl methyl sites for hydroxylation is 3. The minimum Gasteiger partial charge on any atom is -0.292 e. The summed E-state index contributed by atoms with van der Waals surface area (Å²) in [5, 5.41) is 0.921. The number of hydrazine groups is 1. The monoisotopic (exact) mass is 260 g/mol. The molecule has 4 nitrogen and oxygen atoms in total. The molecule has 1 aromatic carbocycles. The van der Waals surface area contributed by atoms with Gasteiger partial charge in [0.25, 0.3) is 0 Å². The predicted molar refractivity (Wildman–Crippen MR) is 74.6 cm³/mol. The zero-order chi connectivity index (χ0) is 13.1. The highest BCUT2D eigenvalue weighted by atomic mass is 32.2. The Labute approximate surface area is 111 Å². The van der Waals surface area contributed by atoms with E-state index in [2.05, 4.69) is 47.4 Å². The van der Waals surface area contributed by atoms with Crippen molar-refractivity contribution in [3.05, 3.63) is 41.1 Å². The molecule has 0 spiro atoms. The van der Waals surface area contributed by atoms with Gasteiger partial charge in [-0.2, -0.15) is 0 Å². The van der Waals surface area contributed by atoms with E-state index in [0.29, 0.717) is 5.95 Å². The molecule has 1 aromatic heterocycles. The Morgan fingerprint density at radius 3 is 2.61 bits per heavy atom. The Kier molecular flexibility index (Phi) is 3.84. The molecule has 18 heavy (non-hydrogen) atoms. The summed E-state index contributed by atoms with van der Waals surface area (Å²) in [6.07, 6.45) is 1.77. The molecule has 0 atom stereocenters. The van der Waals surface area contributed by atoms with Crippen molar-refractivity contribution < 1.29 is 0 Å². The standard InChI is InChI=1S/C13H16N4S/c1-8-4-5-11(9(2)6-8)18-12-10(3)7-15-13(16-12)17-14/h4-7H,14H2,1-3H3,(H,15,16,17). The zero-order valence-corrected chi connectivity index (χ0v) is 11.5. The number of nitrogens with two attached hydrogens (primary N) is 1. The van der Waals surface area contributed by atoms with Gasteiger partial charge in [0.15, 0.2) is 0 Å². The van der Waals surface area contributed by atoms with Gasteiger partial charge in [0.1, 0.15) is 5.03 Å². The Hall–Kier alpha value is -1.59. The van der Waals surface area contributed by atoms with Crippen molar-refractivity contribution in [2.45, 2.75) is 30.7 Å². The second-order valence-corrected chi connectivity index (χ2v) is 5.23. The average molecular weight is 260 g/mol. The van der Waals surface area contributed by atoms with Crippen molar-refractivity contribution in [1.29, 1.82) is 0 Å². The summed E-state index contributed by atoms with van der Waals surface area (Å²) >= 11 is 1.63. The van der Waals surface area contributed by atoms with Crippen LogP contribution in [0.1, 0.15) is 16.7 Å². The highest BCUT2D eigenvalue weighted by Crippen LogP contribution is 2.31. The summed E-state index contributed by atoms with van der Waals surface area (Å²) in [5.41, 5.74) is 6.02. The van der Waals surface area contributed by atoms with Crippen molar-refractivity contribution in [2.24, 2.45) is 5.84 Å². The molecule has 5 heteroatoms. The fourth-order valence-electron chi connectivity index (χ4n) is 1.62. The van der Waals surface area contributed by atoms with Crippen LogP contribution in [0.25, 0.3) is 0 Å². The van der Waals surface area contributed by atoms with E-state index in [4.69, 9.17) is 5.84 Å². The van der Waals surface area contributed by atoms with Gasteiger partial charge < -0.3 is 0 Å². The van der Waals surface area contributed by atoms with Crippen molar-refractivity contribution in [3.8, 4) is 0 Å². The van der Waals surface area contributed by atoms with Gasteiger partial charge in [-0.15, -0.1) is 0 Å². The molecule has 0 radical (unpaired) electrons.